The smallest absolute Gasteiger partial charge is 0.254 e. The molecule has 1 aliphatic rings. The molecule has 1 fully saturated rings. The molecule has 22 heavy (non-hydrogen) atoms. The van der Waals surface area contributed by atoms with Crippen molar-refractivity contribution in [1.82, 2.24) is 10.2 Å². The molecule has 122 valence electrons. The Kier molecular flexibility index (Phi) is 6.21. The van der Waals surface area contributed by atoms with Gasteiger partial charge in [0.25, 0.3) is 5.91 Å². The predicted molar refractivity (Wildman–Crippen MR) is 87.7 cm³/mol. The highest BCUT2D eigenvalue weighted by atomic mass is 35.5. The van der Waals surface area contributed by atoms with Crippen molar-refractivity contribution in [2.45, 2.75) is 26.7 Å². The minimum atomic E-state index is -0.541. The molecule has 0 radical (unpaired) electrons. The van der Waals surface area contributed by atoms with Crippen molar-refractivity contribution in [3.63, 3.8) is 0 Å². The van der Waals surface area contributed by atoms with E-state index in [0.717, 1.165) is 37.9 Å². The molecular formula is C17H24ClFN2O. The lowest BCUT2D eigenvalue weighted by molar-refractivity contribution is 0.0943. The monoisotopic (exact) mass is 326 g/mol. The Bertz CT molecular complexity index is 513. The number of nitrogens with zero attached hydrogens (tertiary/aromatic N) is 1. The molecule has 1 N–H and O–H groups in total. The number of piperidine rings is 1. The van der Waals surface area contributed by atoms with Crippen LogP contribution in [0.3, 0.4) is 0 Å². The Labute approximate surface area is 136 Å². The molecule has 0 bridgehead atoms. The standard InChI is InChI=1S/C17H24ClFN2O/c1-12-8-13(2)11-21(10-12)7-3-6-20-17(22)15-9-14(18)4-5-16(15)19/h4-5,9,12-13H,3,6-8,10-11H2,1-2H3,(H,20,22)/t12-,13+. The molecule has 1 aliphatic heterocycles. The number of halogens is 2. The summed E-state index contributed by atoms with van der Waals surface area (Å²) in [6.07, 6.45) is 2.16. The molecular weight excluding hydrogens is 303 g/mol. The predicted octanol–water partition coefficient (Wildman–Crippen LogP) is 3.58. The second-order valence-corrected chi connectivity index (χ2v) is 6.88. The second-order valence-electron chi connectivity index (χ2n) is 6.44. The SMILES string of the molecule is C[C@@H]1C[C@H](C)CN(CCCNC(=O)c2cc(Cl)ccc2F)C1. The normalized spacial score (nSPS) is 22.5. The highest BCUT2D eigenvalue weighted by Crippen LogP contribution is 2.20. The summed E-state index contributed by atoms with van der Waals surface area (Å²) in [5, 5.41) is 3.13. The minimum Gasteiger partial charge on any atom is -0.352 e. The largest absolute Gasteiger partial charge is 0.352 e. The molecule has 1 amide bonds. The van der Waals surface area contributed by atoms with Gasteiger partial charge in [0.2, 0.25) is 0 Å². The van der Waals surface area contributed by atoms with Crippen LogP contribution in [-0.4, -0.2) is 37.0 Å². The van der Waals surface area contributed by atoms with Crippen LogP contribution < -0.4 is 5.32 Å². The molecule has 1 heterocycles. The van der Waals surface area contributed by atoms with E-state index in [2.05, 4.69) is 24.1 Å². The molecule has 1 saturated heterocycles. The second kappa shape index (κ2) is 7.93. The molecule has 5 heteroatoms. The van der Waals surface area contributed by atoms with Gasteiger partial charge in [-0.05, 0) is 49.4 Å². The number of hydrogen-bond acceptors (Lipinski definition) is 2. The number of carbonyl (C=O) groups excluding carboxylic acids is 1. The molecule has 0 saturated carbocycles. The first kappa shape index (κ1) is 17.2. The third-order valence-electron chi connectivity index (χ3n) is 4.05. The Morgan fingerprint density at radius 2 is 2.05 bits per heavy atom. The van der Waals surface area contributed by atoms with E-state index in [1.807, 2.05) is 0 Å². The van der Waals surface area contributed by atoms with E-state index in [1.54, 1.807) is 0 Å². The zero-order valence-corrected chi connectivity index (χ0v) is 14.0. The van der Waals surface area contributed by atoms with Crippen molar-refractivity contribution < 1.29 is 9.18 Å². The first-order chi connectivity index (χ1) is 10.5. The fraction of sp³-hybridized carbons (Fsp3) is 0.588. The van der Waals surface area contributed by atoms with Gasteiger partial charge in [-0.3, -0.25) is 4.79 Å². The molecule has 3 nitrogen and oxygen atoms in total. The van der Waals surface area contributed by atoms with Crippen LogP contribution in [0.25, 0.3) is 0 Å². The summed E-state index contributed by atoms with van der Waals surface area (Å²) in [6.45, 7) is 8.33. The van der Waals surface area contributed by atoms with Crippen LogP contribution in [0.4, 0.5) is 4.39 Å². The Balaban J connectivity index is 1.74. The maximum absolute atomic E-state index is 13.6. The first-order valence-electron chi connectivity index (χ1n) is 7.91. The molecule has 1 aromatic rings. The molecule has 0 aliphatic carbocycles. The topological polar surface area (TPSA) is 32.3 Å². The van der Waals surface area contributed by atoms with Gasteiger partial charge in [-0.25, -0.2) is 4.39 Å². The number of likely N-dealkylation sites (tertiary alicyclic amines) is 1. The van der Waals surface area contributed by atoms with E-state index in [4.69, 9.17) is 11.6 Å². The van der Waals surface area contributed by atoms with Gasteiger partial charge in [-0.2, -0.15) is 0 Å². The van der Waals surface area contributed by atoms with E-state index < -0.39 is 11.7 Å². The molecule has 1 aromatic carbocycles. The summed E-state index contributed by atoms with van der Waals surface area (Å²) < 4.78 is 13.6. The van der Waals surface area contributed by atoms with E-state index in [1.165, 1.54) is 24.6 Å². The van der Waals surface area contributed by atoms with Crippen molar-refractivity contribution in [3.05, 3.63) is 34.6 Å². The third kappa shape index (κ3) is 4.96. The van der Waals surface area contributed by atoms with Gasteiger partial charge >= 0.3 is 0 Å². The van der Waals surface area contributed by atoms with Crippen molar-refractivity contribution in [2.75, 3.05) is 26.2 Å². The zero-order valence-electron chi connectivity index (χ0n) is 13.2. The summed E-state index contributed by atoms with van der Waals surface area (Å²) in [6, 6.07) is 4.01. The summed E-state index contributed by atoms with van der Waals surface area (Å²) in [4.78, 5) is 14.4. The number of nitrogens with one attached hydrogen (secondary N) is 1. The quantitative estimate of drug-likeness (QED) is 0.839. The highest BCUT2D eigenvalue weighted by molar-refractivity contribution is 6.30. The van der Waals surface area contributed by atoms with Crippen LogP contribution in [0.2, 0.25) is 5.02 Å². The van der Waals surface area contributed by atoms with Gasteiger partial charge in [0.15, 0.2) is 0 Å². The summed E-state index contributed by atoms with van der Waals surface area (Å²) in [5.74, 6) is 0.527. The van der Waals surface area contributed by atoms with Crippen molar-refractivity contribution in [2.24, 2.45) is 11.8 Å². The number of rotatable bonds is 5. The van der Waals surface area contributed by atoms with Crippen LogP contribution in [0.1, 0.15) is 37.0 Å². The first-order valence-corrected chi connectivity index (χ1v) is 8.29. The summed E-state index contributed by atoms with van der Waals surface area (Å²) >= 11 is 5.80. The lowest BCUT2D eigenvalue weighted by Gasteiger charge is -2.34. The van der Waals surface area contributed by atoms with Crippen molar-refractivity contribution >= 4 is 17.5 Å². The third-order valence-corrected chi connectivity index (χ3v) is 4.29. The highest BCUT2D eigenvalue weighted by Gasteiger charge is 2.21. The lowest BCUT2D eigenvalue weighted by atomic mass is 9.92. The van der Waals surface area contributed by atoms with Gasteiger partial charge in [-0.15, -0.1) is 0 Å². The van der Waals surface area contributed by atoms with Crippen LogP contribution in [0.5, 0.6) is 0 Å². The van der Waals surface area contributed by atoms with E-state index in [0.29, 0.717) is 11.6 Å². The average Bonchev–Trinajstić information content (AvgIpc) is 2.45. The number of carbonyl (C=O) groups is 1. The van der Waals surface area contributed by atoms with Crippen molar-refractivity contribution in [1.29, 1.82) is 0 Å². The van der Waals surface area contributed by atoms with Crippen LogP contribution in [-0.2, 0) is 0 Å². The van der Waals surface area contributed by atoms with Crippen molar-refractivity contribution in [3.8, 4) is 0 Å². The Hall–Kier alpha value is -1.13. The molecule has 0 aromatic heterocycles. The summed E-state index contributed by atoms with van der Waals surface area (Å²) in [5.41, 5.74) is 0.00715. The maximum atomic E-state index is 13.6. The summed E-state index contributed by atoms with van der Waals surface area (Å²) in [7, 11) is 0. The number of hydrogen-bond donors (Lipinski definition) is 1. The van der Waals surface area contributed by atoms with Gasteiger partial charge in [0, 0.05) is 24.7 Å². The van der Waals surface area contributed by atoms with E-state index in [-0.39, 0.29) is 5.56 Å². The van der Waals surface area contributed by atoms with Gasteiger partial charge in [-0.1, -0.05) is 25.4 Å². The maximum Gasteiger partial charge on any atom is 0.254 e. The van der Waals surface area contributed by atoms with E-state index >= 15 is 0 Å². The van der Waals surface area contributed by atoms with E-state index in [9.17, 15) is 9.18 Å². The molecule has 0 spiro atoms. The number of benzene rings is 1. The van der Waals surface area contributed by atoms with Gasteiger partial charge < -0.3 is 10.2 Å². The van der Waals surface area contributed by atoms with Gasteiger partial charge in [0.1, 0.15) is 5.82 Å². The Morgan fingerprint density at radius 1 is 1.36 bits per heavy atom. The fourth-order valence-electron chi connectivity index (χ4n) is 3.25. The van der Waals surface area contributed by atoms with Crippen LogP contribution in [0.15, 0.2) is 18.2 Å². The molecule has 2 rings (SSSR count). The molecule has 2 atom stereocenters. The molecule has 0 unspecified atom stereocenters. The minimum absolute atomic E-state index is 0.00715. The van der Waals surface area contributed by atoms with Crippen LogP contribution in [0, 0.1) is 17.7 Å². The Morgan fingerprint density at radius 3 is 2.73 bits per heavy atom. The number of amides is 1. The lowest BCUT2D eigenvalue weighted by Crippen LogP contribution is -2.40. The van der Waals surface area contributed by atoms with Crippen LogP contribution >= 0.6 is 11.6 Å². The zero-order chi connectivity index (χ0) is 16.1. The van der Waals surface area contributed by atoms with Gasteiger partial charge in [0.05, 0.1) is 5.56 Å². The average molecular weight is 327 g/mol. The fourth-order valence-corrected chi connectivity index (χ4v) is 3.42.